The molecule has 0 amide bonds. The molecule has 0 saturated carbocycles. The van der Waals surface area contributed by atoms with Gasteiger partial charge in [-0.3, -0.25) is 4.98 Å². The van der Waals surface area contributed by atoms with Crippen LogP contribution < -0.4 is 9.47 Å². The van der Waals surface area contributed by atoms with Crippen LogP contribution in [-0.2, 0) is 0 Å². The van der Waals surface area contributed by atoms with Gasteiger partial charge >= 0.3 is 0 Å². The molecular weight excluding hydrogens is 292 g/mol. The lowest BCUT2D eigenvalue weighted by Crippen LogP contribution is -1.94. The van der Waals surface area contributed by atoms with Crippen LogP contribution in [0, 0.1) is 11.8 Å². The SMILES string of the molecule is COc1cc2cc(-c3cccc(N=O)c3)nc(C)c2cc1OC. The summed E-state index contributed by atoms with van der Waals surface area (Å²) in [6.07, 6.45) is 0. The normalized spacial score (nSPS) is 10.6. The molecule has 0 aliphatic carbocycles. The van der Waals surface area contributed by atoms with Crippen molar-refractivity contribution < 1.29 is 9.47 Å². The summed E-state index contributed by atoms with van der Waals surface area (Å²) in [7, 11) is 3.22. The summed E-state index contributed by atoms with van der Waals surface area (Å²) in [5, 5.41) is 4.97. The average Bonchev–Trinajstić information content (AvgIpc) is 2.60. The van der Waals surface area contributed by atoms with Gasteiger partial charge in [0.15, 0.2) is 11.5 Å². The van der Waals surface area contributed by atoms with Crippen LogP contribution in [0.4, 0.5) is 5.69 Å². The Morgan fingerprint density at radius 2 is 1.74 bits per heavy atom. The third-order valence-corrected chi connectivity index (χ3v) is 3.77. The van der Waals surface area contributed by atoms with Gasteiger partial charge in [0.05, 0.1) is 19.9 Å². The monoisotopic (exact) mass is 308 g/mol. The van der Waals surface area contributed by atoms with Crippen LogP contribution in [-0.4, -0.2) is 19.2 Å². The standard InChI is InChI=1S/C18H16N2O3/c1-11-15-10-18(23-3)17(22-2)9-13(15)8-16(19-11)12-5-4-6-14(7-12)20-21/h4-10H,1-3H3. The minimum atomic E-state index is 0.384. The molecule has 5 nitrogen and oxygen atoms in total. The van der Waals surface area contributed by atoms with Crippen molar-refractivity contribution in [2.45, 2.75) is 6.92 Å². The van der Waals surface area contributed by atoms with E-state index in [-0.39, 0.29) is 0 Å². The van der Waals surface area contributed by atoms with Gasteiger partial charge in [-0.25, -0.2) is 0 Å². The summed E-state index contributed by atoms with van der Waals surface area (Å²) in [6, 6.07) is 12.9. The predicted octanol–water partition coefficient (Wildman–Crippen LogP) is 4.63. The van der Waals surface area contributed by atoms with Crippen LogP contribution in [0.3, 0.4) is 0 Å². The van der Waals surface area contributed by atoms with Gasteiger partial charge in [0, 0.05) is 16.6 Å². The van der Waals surface area contributed by atoms with Crippen molar-refractivity contribution in [1.29, 1.82) is 0 Å². The number of nitrogens with zero attached hydrogens (tertiary/aromatic N) is 2. The first-order valence-corrected chi connectivity index (χ1v) is 7.13. The lowest BCUT2D eigenvalue weighted by atomic mass is 10.0. The molecule has 0 atom stereocenters. The highest BCUT2D eigenvalue weighted by atomic mass is 16.5. The van der Waals surface area contributed by atoms with E-state index in [9.17, 15) is 4.91 Å². The molecule has 0 fully saturated rings. The first-order chi connectivity index (χ1) is 11.2. The van der Waals surface area contributed by atoms with E-state index >= 15 is 0 Å². The van der Waals surface area contributed by atoms with E-state index in [0.29, 0.717) is 17.2 Å². The lowest BCUT2D eigenvalue weighted by Gasteiger charge is -2.12. The Morgan fingerprint density at radius 3 is 2.43 bits per heavy atom. The fraction of sp³-hybridized carbons (Fsp3) is 0.167. The molecule has 23 heavy (non-hydrogen) atoms. The Bertz CT molecular complexity index is 891. The molecule has 0 spiro atoms. The third-order valence-electron chi connectivity index (χ3n) is 3.77. The van der Waals surface area contributed by atoms with Crippen molar-refractivity contribution >= 4 is 16.5 Å². The first kappa shape index (κ1) is 15.0. The fourth-order valence-electron chi connectivity index (χ4n) is 2.62. The van der Waals surface area contributed by atoms with Gasteiger partial charge in [0.2, 0.25) is 0 Å². The van der Waals surface area contributed by atoms with Gasteiger partial charge in [0.1, 0.15) is 5.69 Å². The van der Waals surface area contributed by atoms with Gasteiger partial charge < -0.3 is 9.47 Å². The molecule has 0 N–H and O–H groups in total. The van der Waals surface area contributed by atoms with Gasteiger partial charge in [-0.15, -0.1) is 4.91 Å². The van der Waals surface area contributed by atoms with Crippen LogP contribution in [0.25, 0.3) is 22.0 Å². The molecule has 3 rings (SSSR count). The molecular formula is C18H16N2O3. The molecule has 1 aromatic heterocycles. The molecule has 0 aliphatic heterocycles. The van der Waals surface area contributed by atoms with E-state index in [1.165, 1.54) is 0 Å². The minimum absolute atomic E-state index is 0.384. The second-order valence-corrected chi connectivity index (χ2v) is 5.16. The van der Waals surface area contributed by atoms with Crippen molar-refractivity contribution in [2.75, 3.05) is 14.2 Å². The number of rotatable bonds is 4. The Balaban J connectivity index is 2.22. The minimum Gasteiger partial charge on any atom is -0.493 e. The van der Waals surface area contributed by atoms with E-state index in [0.717, 1.165) is 27.7 Å². The zero-order valence-corrected chi connectivity index (χ0v) is 13.2. The number of fused-ring (bicyclic) bond motifs is 1. The maximum Gasteiger partial charge on any atom is 0.161 e. The molecule has 0 radical (unpaired) electrons. The largest absolute Gasteiger partial charge is 0.493 e. The zero-order valence-electron chi connectivity index (χ0n) is 13.2. The molecule has 0 aliphatic rings. The number of methoxy groups -OCH3 is 2. The number of pyridine rings is 1. The highest BCUT2D eigenvalue weighted by molar-refractivity contribution is 5.90. The number of hydrogen-bond donors (Lipinski definition) is 0. The van der Waals surface area contributed by atoms with E-state index in [4.69, 9.17) is 9.47 Å². The first-order valence-electron chi connectivity index (χ1n) is 7.13. The Labute approximate surface area is 133 Å². The van der Waals surface area contributed by atoms with Gasteiger partial charge in [-0.05, 0) is 47.8 Å². The Kier molecular flexibility index (Phi) is 3.93. The number of hydrogen-bond acceptors (Lipinski definition) is 5. The second kappa shape index (κ2) is 6.04. The summed E-state index contributed by atoms with van der Waals surface area (Å²) >= 11 is 0. The van der Waals surface area contributed by atoms with E-state index in [1.54, 1.807) is 32.4 Å². The molecule has 3 aromatic rings. The van der Waals surface area contributed by atoms with Gasteiger partial charge in [-0.1, -0.05) is 12.1 Å². The van der Waals surface area contributed by atoms with Crippen molar-refractivity contribution in [3.63, 3.8) is 0 Å². The predicted molar refractivity (Wildman–Crippen MR) is 90.5 cm³/mol. The number of aryl methyl sites for hydroxylation is 1. The molecule has 0 saturated heterocycles. The number of ether oxygens (including phenoxy) is 2. The molecule has 5 heteroatoms. The van der Waals surface area contributed by atoms with E-state index in [2.05, 4.69) is 10.2 Å². The summed E-state index contributed by atoms with van der Waals surface area (Å²) in [6.45, 7) is 1.94. The van der Waals surface area contributed by atoms with E-state index in [1.807, 2.05) is 31.2 Å². The van der Waals surface area contributed by atoms with Crippen molar-refractivity contribution in [3.8, 4) is 22.8 Å². The number of nitroso groups, excluding NO2 is 1. The summed E-state index contributed by atoms with van der Waals surface area (Å²) < 4.78 is 10.7. The van der Waals surface area contributed by atoms with Crippen molar-refractivity contribution in [3.05, 3.63) is 53.1 Å². The molecule has 116 valence electrons. The quantitative estimate of drug-likeness (QED) is 0.659. The molecule has 1 heterocycles. The topological polar surface area (TPSA) is 60.8 Å². The van der Waals surface area contributed by atoms with Crippen molar-refractivity contribution in [1.82, 2.24) is 4.98 Å². The average molecular weight is 308 g/mol. The molecule has 0 unspecified atom stereocenters. The zero-order chi connectivity index (χ0) is 16.4. The fourth-order valence-corrected chi connectivity index (χ4v) is 2.62. The maximum atomic E-state index is 10.7. The second-order valence-electron chi connectivity index (χ2n) is 5.16. The number of aromatic nitrogens is 1. The summed E-state index contributed by atoms with van der Waals surface area (Å²) in [4.78, 5) is 15.4. The smallest absolute Gasteiger partial charge is 0.161 e. The van der Waals surface area contributed by atoms with E-state index < -0.39 is 0 Å². The summed E-state index contributed by atoms with van der Waals surface area (Å²) in [5.41, 5.74) is 2.90. The third kappa shape index (κ3) is 2.73. The van der Waals surface area contributed by atoms with Gasteiger partial charge in [0.25, 0.3) is 0 Å². The molecule has 0 bridgehead atoms. The van der Waals surface area contributed by atoms with Crippen LogP contribution in [0.5, 0.6) is 11.5 Å². The molecule has 2 aromatic carbocycles. The maximum absolute atomic E-state index is 10.7. The summed E-state index contributed by atoms with van der Waals surface area (Å²) in [5.74, 6) is 1.34. The van der Waals surface area contributed by atoms with Crippen molar-refractivity contribution in [2.24, 2.45) is 5.18 Å². The van der Waals surface area contributed by atoms with Crippen LogP contribution in [0.1, 0.15) is 5.69 Å². The van der Waals surface area contributed by atoms with Gasteiger partial charge in [-0.2, -0.15) is 0 Å². The Hall–Kier alpha value is -2.95. The van der Waals surface area contributed by atoms with Crippen LogP contribution in [0.15, 0.2) is 47.6 Å². The highest BCUT2D eigenvalue weighted by Crippen LogP contribution is 2.35. The lowest BCUT2D eigenvalue weighted by molar-refractivity contribution is 0.356. The number of benzene rings is 2. The highest BCUT2D eigenvalue weighted by Gasteiger charge is 2.11. The Morgan fingerprint density at radius 1 is 1.00 bits per heavy atom. The van der Waals surface area contributed by atoms with Crippen LogP contribution in [0.2, 0.25) is 0 Å². The van der Waals surface area contributed by atoms with Crippen LogP contribution >= 0.6 is 0 Å².